The van der Waals surface area contributed by atoms with Gasteiger partial charge in [0.15, 0.2) is 5.16 Å². The first-order valence-electron chi connectivity index (χ1n) is 11.6. The number of aromatic nitrogens is 2. The number of methoxy groups -OCH3 is 1. The first-order valence-corrected chi connectivity index (χ1v) is 12.6. The van der Waals surface area contributed by atoms with Crippen LogP contribution < -0.4 is 15.6 Å². The van der Waals surface area contributed by atoms with Gasteiger partial charge in [0.1, 0.15) is 5.75 Å². The number of ether oxygens (including phenoxy) is 1. The zero-order valence-corrected chi connectivity index (χ0v) is 21.4. The van der Waals surface area contributed by atoms with Crippen molar-refractivity contribution in [3.8, 4) is 5.75 Å². The second-order valence-corrected chi connectivity index (χ2v) is 9.61. The molecule has 0 bridgehead atoms. The molecule has 0 aliphatic carbocycles. The first kappa shape index (κ1) is 25.8. The Hall–Kier alpha value is -2.84. The molecule has 0 saturated carbocycles. The van der Waals surface area contributed by atoms with E-state index in [1.54, 1.807) is 17.7 Å². The van der Waals surface area contributed by atoms with E-state index < -0.39 is 0 Å². The zero-order chi connectivity index (χ0) is 24.7. The Balaban J connectivity index is 1.76. The second kappa shape index (κ2) is 12.0. The van der Waals surface area contributed by atoms with E-state index in [-0.39, 0.29) is 17.2 Å². The summed E-state index contributed by atoms with van der Waals surface area (Å²) in [5.74, 6) is 0.772. The molecule has 1 amide bonds. The number of hydrogen-bond acceptors (Lipinski definition) is 6. The van der Waals surface area contributed by atoms with E-state index in [0.29, 0.717) is 41.2 Å². The number of carbonyl (C=O) groups excluding carboxylic acids is 1. The number of thioether (sulfide) groups is 1. The summed E-state index contributed by atoms with van der Waals surface area (Å²) in [5.41, 5.74) is 1.48. The molecule has 7 nitrogen and oxygen atoms in total. The molecule has 0 spiro atoms. The third-order valence-electron chi connectivity index (χ3n) is 5.74. The number of fused-ring (bicyclic) bond motifs is 1. The predicted molar refractivity (Wildman–Crippen MR) is 139 cm³/mol. The molecule has 34 heavy (non-hydrogen) atoms. The number of benzene rings is 2. The average Bonchev–Trinajstić information content (AvgIpc) is 2.82. The molecule has 2 aromatic carbocycles. The maximum absolute atomic E-state index is 13.3. The van der Waals surface area contributed by atoms with Crippen LogP contribution in [-0.2, 0) is 17.9 Å². The van der Waals surface area contributed by atoms with Gasteiger partial charge in [0.2, 0.25) is 5.91 Å². The van der Waals surface area contributed by atoms with Gasteiger partial charge in [0, 0.05) is 37.3 Å². The van der Waals surface area contributed by atoms with Gasteiger partial charge in [-0.15, -0.1) is 0 Å². The quantitative estimate of drug-likeness (QED) is 0.330. The molecule has 182 valence electrons. The number of rotatable bonds is 11. The summed E-state index contributed by atoms with van der Waals surface area (Å²) in [6.07, 6.45) is 0. The molecule has 0 aliphatic heterocycles. The largest absolute Gasteiger partial charge is 0.496 e. The van der Waals surface area contributed by atoms with Gasteiger partial charge in [-0.25, -0.2) is 4.98 Å². The van der Waals surface area contributed by atoms with Crippen molar-refractivity contribution in [3.63, 3.8) is 0 Å². The van der Waals surface area contributed by atoms with E-state index in [1.807, 2.05) is 42.5 Å². The van der Waals surface area contributed by atoms with E-state index in [1.165, 1.54) is 11.8 Å². The molecule has 8 heteroatoms. The molecule has 1 aromatic heterocycles. The number of nitrogens with zero attached hydrogens (tertiary/aromatic N) is 3. The molecule has 0 fully saturated rings. The number of para-hydroxylation sites is 2. The third kappa shape index (κ3) is 6.39. The van der Waals surface area contributed by atoms with Crippen molar-refractivity contribution in [2.45, 2.75) is 58.0 Å². The van der Waals surface area contributed by atoms with Gasteiger partial charge in [0.25, 0.3) is 5.56 Å². The van der Waals surface area contributed by atoms with E-state index in [4.69, 9.17) is 9.72 Å². The monoisotopic (exact) mass is 482 g/mol. The van der Waals surface area contributed by atoms with Gasteiger partial charge in [-0.2, -0.15) is 0 Å². The Kier molecular flexibility index (Phi) is 9.12. The molecule has 0 atom stereocenters. The fourth-order valence-corrected chi connectivity index (χ4v) is 4.86. The van der Waals surface area contributed by atoms with Crippen LogP contribution in [0.1, 0.15) is 33.3 Å². The van der Waals surface area contributed by atoms with Crippen LogP contribution in [0, 0.1) is 0 Å². The Bertz CT molecular complexity index is 1170. The molecule has 1 N–H and O–H groups in total. The van der Waals surface area contributed by atoms with Gasteiger partial charge in [-0.3, -0.25) is 19.1 Å². The number of nitrogens with one attached hydrogen (secondary N) is 1. The minimum Gasteiger partial charge on any atom is -0.496 e. The van der Waals surface area contributed by atoms with Crippen LogP contribution in [0.5, 0.6) is 5.75 Å². The van der Waals surface area contributed by atoms with Gasteiger partial charge in [0.05, 0.1) is 23.8 Å². The Morgan fingerprint density at radius 3 is 2.47 bits per heavy atom. The lowest BCUT2D eigenvalue weighted by Crippen LogP contribution is -2.40. The molecule has 0 saturated heterocycles. The molecule has 3 aromatic rings. The average molecular weight is 483 g/mol. The van der Waals surface area contributed by atoms with Gasteiger partial charge >= 0.3 is 0 Å². The van der Waals surface area contributed by atoms with Crippen molar-refractivity contribution in [1.29, 1.82) is 0 Å². The summed E-state index contributed by atoms with van der Waals surface area (Å²) < 4.78 is 7.05. The van der Waals surface area contributed by atoms with Crippen molar-refractivity contribution in [3.05, 3.63) is 64.4 Å². The van der Waals surface area contributed by atoms with Crippen LogP contribution in [0.4, 0.5) is 0 Å². The van der Waals surface area contributed by atoms with Crippen LogP contribution in [0.25, 0.3) is 10.9 Å². The summed E-state index contributed by atoms with van der Waals surface area (Å²) in [5, 5.41) is 4.08. The predicted octanol–water partition coefficient (Wildman–Crippen LogP) is 3.93. The lowest BCUT2D eigenvalue weighted by Gasteiger charge is -2.30. The molecule has 0 aliphatic rings. The summed E-state index contributed by atoms with van der Waals surface area (Å²) >= 11 is 1.29. The lowest BCUT2D eigenvalue weighted by molar-refractivity contribution is -0.118. The number of amides is 1. The lowest BCUT2D eigenvalue weighted by atomic mass is 10.2. The highest BCUT2D eigenvalue weighted by Gasteiger charge is 2.17. The van der Waals surface area contributed by atoms with E-state index in [2.05, 4.69) is 37.9 Å². The van der Waals surface area contributed by atoms with Crippen molar-refractivity contribution in [2.24, 2.45) is 0 Å². The van der Waals surface area contributed by atoms with Gasteiger partial charge in [-0.05, 0) is 45.9 Å². The highest BCUT2D eigenvalue weighted by Crippen LogP contribution is 2.19. The van der Waals surface area contributed by atoms with Crippen molar-refractivity contribution >= 4 is 28.6 Å². The van der Waals surface area contributed by atoms with Crippen LogP contribution >= 0.6 is 11.8 Å². The number of hydrogen-bond donors (Lipinski definition) is 1. The number of carbonyl (C=O) groups is 1. The minimum atomic E-state index is -0.129. The summed E-state index contributed by atoms with van der Waals surface area (Å²) in [7, 11) is 1.61. The van der Waals surface area contributed by atoms with Gasteiger partial charge < -0.3 is 10.1 Å². The minimum absolute atomic E-state index is 0.0741. The van der Waals surface area contributed by atoms with E-state index >= 15 is 0 Å². The molecule has 0 unspecified atom stereocenters. The molecular formula is C26H34N4O3S. The van der Waals surface area contributed by atoms with Gasteiger partial charge in [-0.1, -0.05) is 42.1 Å². The SMILES string of the molecule is COc1ccccc1CNC(=O)CSc1nc2ccccc2c(=O)n1CCN(C(C)C)C(C)C. The molecular weight excluding hydrogens is 448 g/mol. The maximum atomic E-state index is 13.3. The smallest absolute Gasteiger partial charge is 0.262 e. The summed E-state index contributed by atoms with van der Waals surface area (Å²) in [6, 6.07) is 15.7. The van der Waals surface area contributed by atoms with E-state index in [9.17, 15) is 9.59 Å². The van der Waals surface area contributed by atoms with Crippen LogP contribution in [0.2, 0.25) is 0 Å². The van der Waals surface area contributed by atoms with Crippen LogP contribution in [0.15, 0.2) is 58.5 Å². The maximum Gasteiger partial charge on any atom is 0.262 e. The van der Waals surface area contributed by atoms with Crippen LogP contribution in [-0.4, -0.2) is 51.8 Å². The zero-order valence-electron chi connectivity index (χ0n) is 20.6. The van der Waals surface area contributed by atoms with Crippen molar-refractivity contribution in [1.82, 2.24) is 19.8 Å². The first-order chi connectivity index (χ1) is 16.3. The molecule has 3 rings (SSSR count). The Labute approximate surface area is 205 Å². The second-order valence-electron chi connectivity index (χ2n) is 8.67. The standard InChI is InChI=1S/C26H34N4O3S/c1-18(2)29(19(3)4)14-15-30-25(32)21-11-7-8-12-22(21)28-26(30)34-17-24(31)27-16-20-10-6-9-13-23(20)33-5/h6-13,18-19H,14-17H2,1-5H3,(H,27,31). The Morgan fingerprint density at radius 1 is 1.09 bits per heavy atom. The third-order valence-corrected chi connectivity index (χ3v) is 6.71. The Morgan fingerprint density at radius 2 is 1.76 bits per heavy atom. The summed E-state index contributed by atoms with van der Waals surface area (Å²) in [6.45, 7) is 10.2. The van der Waals surface area contributed by atoms with Crippen molar-refractivity contribution in [2.75, 3.05) is 19.4 Å². The topological polar surface area (TPSA) is 76.5 Å². The molecule has 1 heterocycles. The fraction of sp³-hybridized carbons (Fsp3) is 0.423. The molecule has 0 radical (unpaired) electrons. The summed E-state index contributed by atoms with van der Waals surface area (Å²) in [4.78, 5) is 33.0. The fourth-order valence-electron chi connectivity index (χ4n) is 4.01. The van der Waals surface area contributed by atoms with Crippen LogP contribution in [0.3, 0.4) is 0 Å². The van der Waals surface area contributed by atoms with E-state index in [0.717, 1.165) is 17.9 Å². The highest BCUT2D eigenvalue weighted by atomic mass is 32.2. The van der Waals surface area contributed by atoms with Crippen molar-refractivity contribution < 1.29 is 9.53 Å². The normalized spacial score (nSPS) is 11.5. The highest BCUT2D eigenvalue weighted by molar-refractivity contribution is 7.99.